The summed E-state index contributed by atoms with van der Waals surface area (Å²) in [5, 5.41) is 8.90. The molecule has 1 aromatic carbocycles. The second-order valence-electron chi connectivity index (χ2n) is 2.94. The van der Waals surface area contributed by atoms with Crippen LogP contribution < -0.4 is 11.3 Å². The van der Waals surface area contributed by atoms with Crippen molar-refractivity contribution in [2.24, 2.45) is 5.84 Å². The summed E-state index contributed by atoms with van der Waals surface area (Å²) >= 11 is 0. The molecule has 0 bridgehead atoms. The molecular weight excluding hydrogens is 235 g/mol. The van der Waals surface area contributed by atoms with Gasteiger partial charge in [0, 0.05) is 12.0 Å². The van der Waals surface area contributed by atoms with Crippen LogP contribution in [0, 0.1) is 29.1 Å². The number of hydrazine groups is 1. The number of aliphatic hydroxyl groups excluding tert-OH is 1. The molecule has 0 aliphatic heterocycles. The highest BCUT2D eigenvalue weighted by Crippen LogP contribution is 2.23. The molecule has 0 aromatic heterocycles. The van der Waals surface area contributed by atoms with Crippen LogP contribution in [0.2, 0.25) is 0 Å². The summed E-state index contributed by atoms with van der Waals surface area (Å²) in [4.78, 5) is 0. The molecule has 0 radical (unpaired) electrons. The zero-order valence-corrected chi connectivity index (χ0v) is 7.70. The molecule has 0 amide bonds. The van der Waals surface area contributed by atoms with Crippen molar-refractivity contribution in [1.82, 2.24) is 5.43 Å². The molecule has 1 rings (SSSR count). The monoisotopic (exact) mass is 242 g/mol. The Hall–Kier alpha value is -1.25. The zero-order chi connectivity index (χ0) is 12.5. The van der Waals surface area contributed by atoms with E-state index in [1.165, 1.54) is 0 Å². The fraction of sp³-hybridized carbons (Fsp3) is 0.250. The van der Waals surface area contributed by atoms with Crippen molar-refractivity contribution < 1.29 is 27.1 Å². The number of hydrogen-bond acceptors (Lipinski definition) is 3. The first-order valence-corrected chi connectivity index (χ1v) is 4.04. The first kappa shape index (κ1) is 12.8. The van der Waals surface area contributed by atoms with Gasteiger partial charge in [-0.1, -0.05) is 0 Å². The van der Waals surface area contributed by atoms with Crippen molar-refractivity contribution in [3.05, 3.63) is 34.6 Å². The fourth-order valence-corrected chi connectivity index (χ4v) is 1.08. The smallest absolute Gasteiger partial charge is 0.200 e. The van der Waals surface area contributed by atoms with Crippen molar-refractivity contribution in [2.75, 3.05) is 0 Å². The number of nitrogens with one attached hydrogen (secondary N) is 1. The lowest BCUT2D eigenvalue weighted by Crippen LogP contribution is -2.37. The number of nitrogens with two attached hydrogens (primary N) is 1. The fourth-order valence-electron chi connectivity index (χ4n) is 1.08. The minimum Gasteiger partial charge on any atom is -0.377 e. The maximum atomic E-state index is 13.0. The third-order valence-corrected chi connectivity index (χ3v) is 1.89. The minimum atomic E-state index is -2.24. The van der Waals surface area contributed by atoms with Gasteiger partial charge in [-0.05, 0) is 0 Å². The summed E-state index contributed by atoms with van der Waals surface area (Å²) in [6, 6.07) is 0. The van der Waals surface area contributed by atoms with Gasteiger partial charge >= 0.3 is 0 Å². The summed E-state index contributed by atoms with van der Waals surface area (Å²) in [6.45, 7) is 0. The number of benzene rings is 1. The predicted octanol–water partition coefficient (Wildman–Crippen LogP) is 0.706. The van der Waals surface area contributed by atoms with Crippen LogP contribution in [0.3, 0.4) is 0 Å². The van der Waals surface area contributed by atoms with Gasteiger partial charge in [0.05, 0.1) is 0 Å². The van der Waals surface area contributed by atoms with Crippen molar-refractivity contribution in [2.45, 2.75) is 12.6 Å². The second-order valence-corrected chi connectivity index (χ2v) is 2.94. The summed E-state index contributed by atoms with van der Waals surface area (Å²) in [7, 11) is 0. The van der Waals surface area contributed by atoms with E-state index in [9.17, 15) is 22.0 Å². The molecule has 0 saturated carbocycles. The van der Waals surface area contributed by atoms with E-state index in [1.54, 1.807) is 5.43 Å². The predicted molar refractivity (Wildman–Crippen MR) is 43.3 cm³/mol. The van der Waals surface area contributed by atoms with Crippen LogP contribution in [0.5, 0.6) is 0 Å². The first-order valence-electron chi connectivity index (χ1n) is 4.04. The van der Waals surface area contributed by atoms with E-state index < -0.39 is 47.3 Å². The van der Waals surface area contributed by atoms with Gasteiger partial charge in [-0.2, -0.15) is 0 Å². The molecule has 0 spiro atoms. The maximum absolute atomic E-state index is 13.0. The van der Waals surface area contributed by atoms with E-state index in [2.05, 4.69) is 0 Å². The van der Waals surface area contributed by atoms with Crippen molar-refractivity contribution in [3.63, 3.8) is 0 Å². The van der Waals surface area contributed by atoms with Crippen LogP contribution in [0.1, 0.15) is 5.56 Å². The van der Waals surface area contributed by atoms with Crippen molar-refractivity contribution in [3.8, 4) is 0 Å². The van der Waals surface area contributed by atoms with E-state index in [0.717, 1.165) is 0 Å². The van der Waals surface area contributed by atoms with Crippen LogP contribution in [-0.2, 0) is 6.42 Å². The Kier molecular flexibility index (Phi) is 3.79. The molecule has 0 heterocycles. The van der Waals surface area contributed by atoms with E-state index in [0.29, 0.717) is 0 Å². The molecule has 0 fully saturated rings. The van der Waals surface area contributed by atoms with Gasteiger partial charge in [-0.3, -0.25) is 5.84 Å². The van der Waals surface area contributed by atoms with Gasteiger partial charge in [0.15, 0.2) is 23.3 Å². The van der Waals surface area contributed by atoms with Gasteiger partial charge in [-0.25, -0.2) is 27.4 Å². The third kappa shape index (κ3) is 2.13. The van der Waals surface area contributed by atoms with Crippen LogP contribution in [0.25, 0.3) is 0 Å². The van der Waals surface area contributed by atoms with Gasteiger partial charge in [0.2, 0.25) is 5.82 Å². The summed E-state index contributed by atoms with van der Waals surface area (Å²) < 4.78 is 63.9. The molecule has 4 N–H and O–H groups in total. The highest BCUT2D eigenvalue weighted by Gasteiger charge is 2.26. The Morgan fingerprint density at radius 1 is 0.938 bits per heavy atom. The zero-order valence-electron chi connectivity index (χ0n) is 7.70. The molecule has 1 atom stereocenters. The average molecular weight is 242 g/mol. The lowest BCUT2D eigenvalue weighted by atomic mass is 10.1. The molecule has 3 nitrogen and oxygen atoms in total. The number of halogens is 5. The molecule has 0 aliphatic rings. The lowest BCUT2D eigenvalue weighted by molar-refractivity contribution is 0.135. The SMILES string of the molecule is NNC(O)Cc1c(F)c(F)c(F)c(F)c1F. The summed E-state index contributed by atoms with van der Waals surface area (Å²) in [5.41, 5.74) is 0.582. The molecular formula is C8H7F5N2O. The third-order valence-electron chi connectivity index (χ3n) is 1.89. The summed E-state index contributed by atoms with van der Waals surface area (Å²) in [6.07, 6.45) is -2.46. The van der Waals surface area contributed by atoms with Crippen molar-refractivity contribution >= 4 is 0 Å². The van der Waals surface area contributed by atoms with Crippen LogP contribution in [-0.4, -0.2) is 11.3 Å². The lowest BCUT2D eigenvalue weighted by Gasteiger charge is -2.11. The Balaban J connectivity index is 3.28. The Labute approximate surface area is 86.6 Å². The van der Waals surface area contributed by atoms with Gasteiger partial charge in [0.25, 0.3) is 0 Å². The maximum Gasteiger partial charge on any atom is 0.200 e. The largest absolute Gasteiger partial charge is 0.377 e. The van der Waals surface area contributed by atoms with E-state index in [-0.39, 0.29) is 0 Å². The number of hydrogen-bond donors (Lipinski definition) is 3. The van der Waals surface area contributed by atoms with E-state index >= 15 is 0 Å². The van der Waals surface area contributed by atoms with Crippen LogP contribution in [0.15, 0.2) is 0 Å². The second kappa shape index (κ2) is 4.73. The Morgan fingerprint density at radius 3 is 1.69 bits per heavy atom. The van der Waals surface area contributed by atoms with Crippen LogP contribution >= 0.6 is 0 Å². The highest BCUT2D eigenvalue weighted by atomic mass is 19.2. The first-order chi connectivity index (χ1) is 7.40. The Morgan fingerprint density at radius 2 is 1.31 bits per heavy atom. The van der Waals surface area contributed by atoms with Gasteiger partial charge < -0.3 is 5.11 Å². The van der Waals surface area contributed by atoms with Gasteiger partial charge in [-0.15, -0.1) is 0 Å². The van der Waals surface area contributed by atoms with E-state index in [4.69, 9.17) is 10.9 Å². The highest BCUT2D eigenvalue weighted by molar-refractivity contribution is 5.24. The minimum absolute atomic E-state index is 0.845. The molecule has 8 heteroatoms. The molecule has 90 valence electrons. The molecule has 0 saturated heterocycles. The normalized spacial score (nSPS) is 12.9. The quantitative estimate of drug-likeness (QED) is 0.183. The molecule has 0 aliphatic carbocycles. The van der Waals surface area contributed by atoms with Crippen molar-refractivity contribution in [1.29, 1.82) is 0 Å². The number of rotatable bonds is 3. The topological polar surface area (TPSA) is 58.3 Å². The average Bonchev–Trinajstić information content (AvgIpc) is 2.29. The molecule has 16 heavy (non-hydrogen) atoms. The Bertz CT molecular complexity index is 383. The number of aliphatic hydroxyl groups is 1. The standard InChI is InChI=1S/C8H7F5N2O/c9-4-2(1-3(16)15-14)5(10)7(12)8(13)6(4)11/h3,15-16H,1,14H2. The summed E-state index contributed by atoms with van der Waals surface area (Å²) in [5.74, 6) is -5.60. The molecule has 1 aromatic rings. The van der Waals surface area contributed by atoms with E-state index in [1.807, 2.05) is 0 Å². The molecule has 1 unspecified atom stereocenters. The van der Waals surface area contributed by atoms with Crippen LogP contribution in [0.4, 0.5) is 22.0 Å². The van der Waals surface area contributed by atoms with Gasteiger partial charge in [0.1, 0.15) is 6.23 Å².